The van der Waals surface area contributed by atoms with Crippen LogP contribution >= 0.6 is 0 Å². The van der Waals surface area contributed by atoms with Crippen molar-refractivity contribution in [3.05, 3.63) is 42.1 Å². The fraction of sp³-hybridized carbons (Fsp3) is 0.435. The SMILES string of the molecule is CCCCCCCCOc1ccc(-c2nc3cc(C(=O)OCC)ccc3o2)cn1. The van der Waals surface area contributed by atoms with E-state index in [0.717, 1.165) is 12.0 Å². The number of benzene rings is 1. The molecule has 0 radical (unpaired) electrons. The van der Waals surface area contributed by atoms with E-state index in [0.29, 0.717) is 41.6 Å². The van der Waals surface area contributed by atoms with Gasteiger partial charge in [0.2, 0.25) is 11.8 Å². The number of pyridine rings is 1. The van der Waals surface area contributed by atoms with Crippen molar-refractivity contribution in [1.29, 1.82) is 0 Å². The van der Waals surface area contributed by atoms with Gasteiger partial charge in [0, 0.05) is 12.3 Å². The number of hydrogen-bond donors (Lipinski definition) is 0. The maximum atomic E-state index is 11.9. The summed E-state index contributed by atoms with van der Waals surface area (Å²) in [4.78, 5) is 20.7. The third kappa shape index (κ3) is 5.79. The van der Waals surface area contributed by atoms with Crippen molar-refractivity contribution in [3.63, 3.8) is 0 Å². The lowest BCUT2D eigenvalue weighted by Gasteiger charge is -2.05. The third-order valence-corrected chi connectivity index (χ3v) is 4.63. The molecule has 6 heteroatoms. The minimum absolute atomic E-state index is 0.333. The van der Waals surface area contributed by atoms with Crippen molar-refractivity contribution in [2.75, 3.05) is 13.2 Å². The van der Waals surface area contributed by atoms with Gasteiger partial charge in [0.25, 0.3) is 0 Å². The summed E-state index contributed by atoms with van der Waals surface area (Å²) in [5.41, 5.74) is 2.42. The highest BCUT2D eigenvalue weighted by Gasteiger charge is 2.13. The van der Waals surface area contributed by atoms with Crippen LogP contribution in [0.1, 0.15) is 62.7 Å². The molecule has 29 heavy (non-hydrogen) atoms. The molecule has 2 aromatic heterocycles. The van der Waals surface area contributed by atoms with Crippen LogP contribution in [0.4, 0.5) is 0 Å². The molecule has 0 bridgehead atoms. The van der Waals surface area contributed by atoms with Crippen LogP contribution in [0, 0.1) is 0 Å². The molecule has 0 amide bonds. The Morgan fingerprint density at radius 3 is 2.62 bits per heavy atom. The maximum absolute atomic E-state index is 11.9. The van der Waals surface area contributed by atoms with E-state index < -0.39 is 0 Å². The minimum atomic E-state index is -0.368. The first-order valence-corrected chi connectivity index (χ1v) is 10.4. The molecule has 2 heterocycles. The third-order valence-electron chi connectivity index (χ3n) is 4.63. The Labute approximate surface area is 171 Å². The molecule has 3 aromatic rings. The summed E-state index contributed by atoms with van der Waals surface area (Å²) in [5, 5.41) is 0. The quantitative estimate of drug-likeness (QED) is 0.301. The summed E-state index contributed by atoms with van der Waals surface area (Å²) in [6.07, 6.45) is 9.06. The van der Waals surface area contributed by atoms with Crippen LogP contribution in [0.2, 0.25) is 0 Å². The highest BCUT2D eigenvalue weighted by Crippen LogP contribution is 2.25. The van der Waals surface area contributed by atoms with E-state index in [9.17, 15) is 4.79 Å². The minimum Gasteiger partial charge on any atom is -0.478 e. The molecular weight excluding hydrogens is 368 g/mol. The molecule has 0 aliphatic rings. The van der Waals surface area contributed by atoms with Crippen molar-refractivity contribution in [2.24, 2.45) is 0 Å². The second-order valence-electron chi connectivity index (χ2n) is 6.92. The number of fused-ring (bicyclic) bond motifs is 1. The zero-order valence-corrected chi connectivity index (χ0v) is 17.1. The van der Waals surface area contributed by atoms with Gasteiger partial charge in [-0.3, -0.25) is 0 Å². The lowest BCUT2D eigenvalue weighted by atomic mass is 10.1. The zero-order valence-electron chi connectivity index (χ0n) is 17.1. The van der Waals surface area contributed by atoms with Crippen LogP contribution in [0.25, 0.3) is 22.6 Å². The topological polar surface area (TPSA) is 74.5 Å². The standard InChI is InChI=1S/C23H28N2O4/c1-3-5-6-7-8-9-14-28-21-13-11-18(16-24-21)22-25-19-15-17(23(26)27-4-2)10-12-20(19)29-22/h10-13,15-16H,3-9,14H2,1-2H3. The predicted octanol–water partition coefficient (Wildman–Crippen LogP) is 5.81. The van der Waals surface area contributed by atoms with E-state index in [4.69, 9.17) is 13.9 Å². The Morgan fingerprint density at radius 2 is 1.86 bits per heavy atom. The van der Waals surface area contributed by atoms with Gasteiger partial charge in [0.05, 0.1) is 24.3 Å². The first kappa shape index (κ1) is 20.8. The fourth-order valence-electron chi connectivity index (χ4n) is 3.04. The van der Waals surface area contributed by atoms with E-state index in [-0.39, 0.29) is 5.97 Å². The Bertz CT molecular complexity index is 918. The number of unbranched alkanes of at least 4 members (excludes halogenated alkanes) is 5. The van der Waals surface area contributed by atoms with Gasteiger partial charge in [-0.15, -0.1) is 0 Å². The van der Waals surface area contributed by atoms with Gasteiger partial charge in [-0.25, -0.2) is 14.8 Å². The number of carbonyl (C=O) groups is 1. The van der Waals surface area contributed by atoms with Gasteiger partial charge in [0.15, 0.2) is 5.58 Å². The van der Waals surface area contributed by atoms with Crippen LogP contribution in [-0.4, -0.2) is 29.2 Å². The second-order valence-corrected chi connectivity index (χ2v) is 6.92. The Balaban J connectivity index is 1.58. The maximum Gasteiger partial charge on any atom is 0.338 e. The van der Waals surface area contributed by atoms with Crippen molar-refractivity contribution in [3.8, 4) is 17.3 Å². The predicted molar refractivity (Wildman–Crippen MR) is 112 cm³/mol. The van der Waals surface area contributed by atoms with Crippen LogP contribution in [-0.2, 0) is 4.74 Å². The van der Waals surface area contributed by atoms with Crippen LogP contribution < -0.4 is 4.74 Å². The highest BCUT2D eigenvalue weighted by atomic mass is 16.5. The Kier molecular flexibility index (Phi) is 7.61. The largest absolute Gasteiger partial charge is 0.478 e. The summed E-state index contributed by atoms with van der Waals surface area (Å²) >= 11 is 0. The van der Waals surface area contributed by atoms with Gasteiger partial charge in [-0.1, -0.05) is 39.0 Å². The van der Waals surface area contributed by atoms with Crippen molar-refractivity contribution >= 4 is 17.1 Å². The van der Waals surface area contributed by atoms with E-state index in [1.165, 1.54) is 32.1 Å². The number of oxazole rings is 1. The van der Waals surface area contributed by atoms with Crippen molar-refractivity contribution in [1.82, 2.24) is 9.97 Å². The van der Waals surface area contributed by atoms with E-state index in [1.807, 2.05) is 12.1 Å². The van der Waals surface area contributed by atoms with Crippen LogP contribution in [0.15, 0.2) is 40.9 Å². The molecule has 6 nitrogen and oxygen atoms in total. The van der Waals surface area contributed by atoms with Crippen molar-refractivity contribution in [2.45, 2.75) is 52.4 Å². The zero-order chi connectivity index (χ0) is 20.5. The van der Waals surface area contributed by atoms with Crippen LogP contribution in [0.3, 0.4) is 0 Å². The number of hydrogen-bond acceptors (Lipinski definition) is 6. The Hall–Kier alpha value is -2.89. The highest BCUT2D eigenvalue weighted by molar-refractivity contribution is 5.93. The molecule has 0 atom stereocenters. The molecule has 0 saturated heterocycles. The smallest absolute Gasteiger partial charge is 0.338 e. The number of ether oxygens (including phenoxy) is 2. The molecule has 0 fully saturated rings. The van der Waals surface area contributed by atoms with Gasteiger partial charge in [-0.2, -0.15) is 0 Å². The molecule has 0 unspecified atom stereocenters. The van der Waals surface area contributed by atoms with Gasteiger partial charge in [0.1, 0.15) is 5.52 Å². The molecule has 0 spiro atoms. The second kappa shape index (κ2) is 10.6. The summed E-state index contributed by atoms with van der Waals surface area (Å²) in [7, 11) is 0. The van der Waals surface area contributed by atoms with E-state index >= 15 is 0 Å². The molecule has 0 aliphatic heterocycles. The number of esters is 1. The first-order valence-electron chi connectivity index (χ1n) is 10.4. The number of rotatable bonds is 11. The van der Waals surface area contributed by atoms with Crippen molar-refractivity contribution < 1.29 is 18.7 Å². The van der Waals surface area contributed by atoms with Gasteiger partial charge >= 0.3 is 5.97 Å². The summed E-state index contributed by atoms with van der Waals surface area (Å²) in [6.45, 7) is 5.01. The number of aromatic nitrogens is 2. The monoisotopic (exact) mass is 396 g/mol. The van der Waals surface area contributed by atoms with Gasteiger partial charge in [-0.05, 0) is 37.6 Å². The van der Waals surface area contributed by atoms with Gasteiger partial charge < -0.3 is 13.9 Å². The van der Waals surface area contributed by atoms with Crippen LogP contribution in [0.5, 0.6) is 5.88 Å². The fourth-order valence-corrected chi connectivity index (χ4v) is 3.04. The number of carbonyl (C=O) groups excluding carboxylic acids is 1. The normalized spacial score (nSPS) is 11.0. The average molecular weight is 396 g/mol. The molecule has 0 N–H and O–H groups in total. The van der Waals surface area contributed by atoms with E-state index in [1.54, 1.807) is 31.3 Å². The Morgan fingerprint density at radius 1 is 1.03 bits per heavy atom. The summed E-state index contributed by atoms with van der Waals surface area (Å²) in [6, 6.07) is 8.77. The molecular formula is C23H28N2O4. The average Bonchev–Trinajstić information content (AvgIpc) is 3.17. The van der Waals surface area contributed by atoms with E-state index in [2.05, 4.69) is 16.9 Å². The molecule has 3 rings (SSSR count). The molecule has 0 saturated carbocycles. The molecule has 1 aromatic carbocycles. The number of nitrogens with zero attached hydrogens (tertiary/aromatic N) is 2. The molecule has 0 aliphatic carbocycles. The molecule has 154 valence electrons. The lowest BCUT2D eigenvalue weighted by Crippen LogP contribution is -2.03. The summed E-state index contributed by atoms with van der Waals surface area (Å²) in [5.74, 6) is 0.687. The lowest BCUT2D eigenvalue weighted by molar-refractivity contribution is 0.0526. The summed E-state index contributed by atoms with van der Waals surface area (Å²) < 4.78 is 16.5. The first-order chi connectivity index (χ1) is 14.2.